The van der Waals surface area contributed by atoms with Gasteiger partial charge in [-0.15, -0.1) is 0 Å². The average Bonchev–Trinajstić information content (AvgIpc) is 2.50. The summed E-state index contributed by atoms with van der Waals surface area (Å²) in [7, 11) is 0. The first-order chi connectivity index (χ1) is 7.51. The van der Waals surface area contributed by atoms with Crippen LogP contribution >= 0.6 is 11.8 Å². The fourth-order valence-corrected chi connectivity index (χ4v) is 3.19. The third-order valence-corrected chi connectivity index (χ3v) is 4.21. The minimum Gasteiger partial charge on any atom is -0.351 e. The number of unbranched alkanes of at least 4 members (excludes halogenated alkanes) is 3. The van der Waals surface area contributed by atoms with Gasteiger partial charge in [-0.2, -0.15) is 0 Å². The summed E-state index contributed by atoms with van der Waals surface area (Å²) in [6.07, 6.45) is 5.44. The molecular weight excluding hydrogens is 224 g/mol. The number of urea groups is 1. The number of hydrogen-bond donors (Lipinski definition) is 1. The number of carbonyl (C=O) groups excluding carboxylic acids is 2. The molecule has 0 bridgehead atoms. The predicted molar refractivity (Wildman–Crippen MR) is 66.4 cm³/mol. The number of nitrogens with two attached hydrogens (primary N) is 1. The molecule has 2 N–H and O–H groups in total. The Hall–Kier alpha value is -0.710. The Balaban J connectivity index is 2.54. The van der Waals surface area contributed by atoms with E-state index >= 15 is 0 Å². The van der Waals surface area contributed by atoms with Gasteiger partial charge >= 0.3 is 6.03 Å². The SMILES string of the molecule is CCCCCCC1(C)CSC(=O)N1C(N)=O. The molecule has 0 aliphatic carbocycles. The van der Waals surface area contributed by atoms with Crippen LogP contribution in [0.2, 0.25) is 0 Å². The summed E-state index contributed by atoms with van der Waals surface area (Å²) >= 11 is 1.19. The highest BCUT2D eigenvalue weighted by Gasteiger charge is 2.44. The van der Waals surface area contributed by atoms with E-state index in [9.17, 15) is 9.59 Å². The Morgan fingerprint density at radius 1 is 1.50 bits per heavy atom. The maximum absolute atomic E-state index is 11.5. The van der Waals surface area contributed by atoms with Crippen LogP contribution in [0, 0.1) is 0 Å². The molecule has 5 heteroatoms. The lowest BCUT2D eigenvalue weighted by Gasteiger charge is -2.31. The number of primary amides is 1. The number of thioether (sulfide) groups is 1. The van der Waals surface area contributed by atoms with Gasteiger partial charge in [0.15, 0.2) is 0 Å². The van der Waals surface area contributed by atoms with E-state index in [0.717, 1.165) is 19.3 Å². The molecule has 1 saturated heterocycles. The molecule has 16 heavy (non-hydrogen) atoms. The lowest BCUT2D eigenvalue weighted by Crippen LogP contribution is -2.50. The zero-order valence-corrected chi connectivity index (χ0v) is 10.8. The smallest absolute Gasteiger partial charge is 0.322 e. The van der Waals surface area contributed by atoms with Gasteiger partial charge < -0.3 is 5.73 Å². The predicted octanol–water partition coefficient (Wildman–Crippen LogP) is 2.96. The quantitative estimate of drug-likeness (QED) is 0.756. The van der Waals surface area contributed by atoms with Crippen molar-refractivity contribution in [1.82, 2.24) is 4.90 Å². The van der Waals surface area contributed by atoms with Gasteiger partial charge in [0, 0.05) is 5.75 Å². The second-order valence-electron chi connectivity index (χ2n) is 4.54. The van der Waals surface area contributed by atoms with Crippen molar-refractivity contribution in [2.24, 2.45) is 5.73 Å². The van der Waals surface area contributed by atoms with E-state index in [2.05, 4.69) is 6.92 Å². The molecule has 0 aromatic rings. The normalized spacial score (nSPS) is 25.1. The van der Waals surface area contributed by atoms with E-state index in [-0.39, 0.29) is 10.8 Å². The molecule has 1 atom stereocenters. The lowest BCUT2D eigenvalue weighted by atomic mass is 9.95. The van der Waals surface area contributed by atoms with Crippen LogP contribution in [0.25, 0.3) is 0 Å². The third-order valence-electron chi connectivity index (χ3n) is 3.02. The summed E-state index contributed by atoms with van der Waals surface area (Å²) < 4.78 is 0. The molecule has 0 saturated carbocycles. The molecule has 0 spiro atoms. The molecule has 1 unspecified atom stereocenters. The highest BCUT2D eigenvalue weighted by atomic mass is 32.2. The van der Waals surface area contributed by atoms with Crippen LogP contribution in [0.4, 0.5) is 9.59 Å². The van der Waals surface area contributed by atoms with Crippen LogP contribution in [0.1, 0.15) is 46.0 Å². The Kier molecular flexibility index (Phi) is 4.65. The molecule has 1 aliphatic rings. The highest BCUT2D eigenvalue weighted by Crippen LogP contribution is 2.36. The molecule has 0 aromatic carbocycles. The van der Waals surface area contributed by atoms with Gasteiger partial charge in [-0.05, 0) is 13.3 Å². The van der Waals surface area contributed by atoms with Gasteiger partial charge in [0.25, 0.3) is 5.24 Å². The molecule has 1 fully saturated rings. The summed E-state index contributed by atoms with van der Waals surface area (Å²) in [5.41, 5.74) is 4.87. The number of imide groups is 1. The zero-order chi connectivity index (χ0) is 12.2. The van der Waals surface area contributed by atoms with Gasteiger partial charge in [0.2, 0.25) is 0 Å². The summed E-state index contributed by atoms with van der Waals surface area (Å²) in [6, 6.07) is -0.618. The van der Waals surface area contributed by atoms with Crippen molar-refractivity contribution in [2.75, 3.05) is 5.75 Å². The van der Waals surface area contributed by atoms with E-state index in [4.69, 9.17) is 5.73 Å². The largest absolute Gasteiger partial charge is 0.351 e. The van der Waals surface area contributed by atoms with Crippen molar-refractivity contribution in [3.8, 4) is 0 Å². The molecule has 1 rings (SSSR count). The monoisotopic (exact) mass is 244 g/mol. The number of nitrogens with zero attached hydrogens (tertiary/aromatic N) is 1. The second kappa shape index (κ2) is 5.57. The fraction of sp³-hybridized carbons (Fsp3) is 0.818. The summed E-state index contributed by atoms with van der Waals surface area (Å²) in [5.74, 6) is 0.668. The maximum Gasteiger partial charge on any atom is 0.322 e. The van der Waals surface area contributed by atoms with Gasteiger partial charge in [-0.25, -0.2) is 9.69 Å². The Labute approximate surface area is 101 Å². The van der Waals surface area contributed by atoms with Crippen molar-refractivity contribution in [3.63, 3.8) is 0 Å². The first-order valence-electron chi connectivity index (χ1n) is 5.77. The maximum atomic E-state index is 11.5. The van der Waals surface area contributed by atoms with E-state index < -0.39 is 6.03 Å². The Morgan fingerprint density at radius 3 is 2.75 bits per heavy atom. The van der Waals surface area contributed by atoms with Crippen LogP contribution in [-0.4, -0.2) is 27.5 Å². The standard InChI is InChI=1S/C11H20N2O2S/c1-3-4-5-6-7-11(2)8-16-10(15)13(11)9(12)14/h3-8H2,1-2H3,(H2,12,14). The topological polar surface area (TPSA) is 63.4 Å². The lowest BCUT2D eigenvalue weighted by molar-refractivity contribution is 0.164. The molecule has 1 heterocycles. The zero-order valence-electron chi connectivity index (χ0n) is 9.99. The van der Waals surface area contributed by atoms with Crippen molar-refractivity contribution < 1.29 is 9.59 Å². The second-order valence-corrected chi connectivity index (χ2v) is 5.46. The van der Waals surface area contributed by atoms with Crippen molar-refractivity contribution >= 4 is 23.0 Å². The molecule has 3 amide bonds. The minimum absolute atomic E-state index is 0.203. The summed E-state index contributed by atoms with van der Waals surface area (Å²) in [6.45, 7) is 4.11. The van der Waals surface area contributed by atoms with Gasteiger partial charge in [-0.3, -0.25) is 4.79 Å². The first-order valence-corrected chi connectivity index (χ1v) is 6.76. The van der Waals surface area contributed by atoms with Crippen molar-refractivity contribution in [3.05, 3.63) is 0 Å². The van der Waals surface area contributed by atoms with Crippen LogP contribution in [0.5, 0.6) is 0 Å². The molecule has 92 valence electrons. The molecule has 0 aromatic heterocycles. The molecular formula is C11H20N2O2S. The molecule has 0 radical (unpaired) electrons. The molecule has 4 nitrogen and oxygen atoms in total. The van der Waals surface area contributed by atoms with E-state index in [1.54, 1.807) is 0 Å². The number of amides is 3. The summed E-state index contributed by atoms with van der Waals surface area (Å²) in [5, 5.41) is -0.203. The van der Waals surface area contributed by atoms with Gasteiger partial charge in [0.1, 0.15) is 0 Å². The average molecular weight is 244 g/mol. The fourth-order valence-electron chi connectivity index (χ4n) is 2.04. The van der Waals surface area contributed by atoms with Crippen LogP contribution in [0.15, 0.2) is 0 Å². The van der Waals surface area contributed by atoms with Crippen molar-refractivity contribution in [1.29, 1.82) is 0 Å². The van der Waals surface area contributed by atoms with E-state index in [0.29, 0.717) is 5.75 Å². The van der Waals surface area contributed by atoms with Crippen molar-refractivity contribution in [2.45, 2.75) is 51.5 Å². The number of rotatable bonds is 5. The van der Waals surface area contributed by atoms with E-state index in [1.807, 2.05) is 6.92 Å². The summed E-state index contributed by atoms with van der Waals surface area (Å²) in [4.78, 5) is 24.0. The van der Waals surface area contributed by atoms with E-state index in [1.165, 1.54) is 29.5 Å². The minimum atomic E-state index is -0.618. The Bertz CT molecular complexity index is 283. The third kappa shape index (κ3) is 2.90. The number of carbonyl (C=O) groups is 2. The molecule has 1 aliphatic heterocycles. The van der Waals surface area contributed by atoms with Crippen LogP contribution in [0.3, 0.4) is 0 Å². The highest BCUT2D eigenvalue weighted by molar-refractivity contribution is 8.14. The van der Waals surface area contributed by atoms with Gasteiger partial charge in [-0.1, -0.05) is 44.4 Å². The first kappa shape index (κ1) is 13.4. The van der Waals surface area contributed by atoms with Crippen LogP contribution in [-0.2, 0) is 0 Å². The van der Waals surface area contributed by atoms with Gasteiger partial charge in [0.05, 0.1) is 5.54 Å². The Morgan fingerprint density at radius 2 is 2.19 bits per heavy atom. The number of hydrogen-bond acceptors (Lipinski definition) is 3. The van der Waals surface area contributed by atoms with Crippen LogP contribution < -0.4 is 5.73 Å².